The smallest absolute Gasteiger partial charge is 0.303 e. The Morgan fingerprint density at radius 3 is 2.58 bits per heavy atom. The molecular formula is C15H25NO3. The van der Waals surface area contributed by atoms with Crippen LogP contribution in [-0.4, -0.2) is 35.0 Å². The molecular weight excluding hydrogens is 242 g/mol. The van der Waals surface area contributed by atoms with Crippen LogP contribution in [0.4, 0.5) is 0 Å². The van der Waals surface area contributed by atoms with Gasteiger partial charge in [0, 0.05) is 24.9 Å². The van der Waals surface area contributed by atoms with Crippen LogP contribution in [0.3, 0.4) is 0 Å². The van der Waals surface area contributed by atoms with Crippen molar-refractivity contribution in [1.82, 2.24) is 4.90 Å². The molecule has 0 bridgehead atoms. The van der Waals surface area contributed by atoms with Crippen LogP contribution in [0.2, 0.25) is 0 Å². The summed E-state index contributed by atoms with van der Waals surface area (Å²) in [6.45, 7) is 3.75. The van der Waals surface area contributed by atoms with E-state index in [1.165, 1.54) is 6.42 Å². The Hall–Kier alpha value is -1.06. The van der Waals surface area contributed by atoms with Crippen LogP contribution in [-0.2, 0) is 9.59 Å². The fourth-order valence-corrected chi connectivity index (χ4v) is 3.47. The van der Waals surface area contributed by atoms with Gasteiger partial charge in [0.15, 0.2) is 0 Å². The van der Waals surface area contributed by atoms with Gasteiger partial charge in [0.1, 0.15) is 0 Å². The zero-order valence-electron chi connectivity index (χ0n) is 11.9. The molecule has 4 heteroatoms. The summed E-state index contributed by atoms with van der Waals surface area (Å²) in [5.74, 6) is -0.0171. The maximum Gasteiger partial charge on any atom is 0.303 e. The Balaban J connectivity index is 1.89. The maximum atomic E-state index is 12.6. The molecule has 108 valence electrons. The zero-order valence-corrected chi connectivity index (χ0v) is 11.9. The minimum Gasteiger partial charge on any atom is -0.481 e. The van der Waals surface area contributed by atoms with E-state index in [0.717, 1.165) is 45.2 Å². The highest BCUT2D eigenvalue weighted by atomic mass is 16.4. The van der Waals surface area contributed by atoms with Crippen LogP contribution in [0.15, 0.2) is 0 Å². The lowest BCUT2D eigenvalue weighted by Gasteiger charge is -2.45. The lowest BCUT2D eigenvalue weighted by molar-refractivity contribution is -0.149. The minimum absolute atomic E-state index is 0.0747. The number of rotatable bonds is 5. The lowest BCUT2D eigenvalue weighted by Crippen LogP contribution is -2.50. The number of piperidine rings is 1. The van der Waals surface area contributed by atoms with Crippen molar-refractivity contribution in [3.8, 4) is 0 Å². The molecule has 0 radical (unpaired) electrons. The van der Waals surface area contributed by atoms with Crippen molar-refractivity contribution in [2.24, 2.45) is 11.3 Å². The summed E-state index contributed by atoms with van der Waals surface area (Å²) >= 11 is 0. The number of carbonyl (C=O) groups is 2. The van der Waals surface area contributed by atoms with Crippen LogP contribution in [0.25, 0.3) is 0 Å². The van der Waals surface area contributed by atoms with Gasteiger partial charge in [-0.25, -0.2) is 0 Å². The van der Waals surface area contributed by atoms with Crippen molar-refractivity contribution in [2.45, 2.75) is 58.3 Å². The molecule has 1 aliphatic heterocycles. The van der Waals surface area contributed by atoms with E-state index in [9.17, 15) is 9.59 Å². The van der Waals surface area contributed by atoms with Gasteiger partial charge in [-0.15, -0.1) is 0 Å². The Morgan fingerprint density at radius 2 is 2.05 bits per heavy atom. The Kier molecular flexibility index (Phi) is 4.48. The molecule has 19 heavy (non-hydrogen) atoms. The first kappa shape index (κ1) is 14.4. The van der Waals surface area contributed by atoms with Crippen LogP contribution in [0.5, 0.6) is 0 Å². The molecule has 1 N–H and O–H groups in total. The topological polar surface area (TPSA) is 57.6 Å². The molecule has 2 aliphatic rings. The fourth-order valence-electron chi connectivity index (χ4n) is 3.47. The van der Waals surface area contributed by atoms with E-state index in [1.807, 2.05) is 4.90 Å². The highest BCUT2D eigenvalue weighted by Gasteiger charge is 2.45. The molecule has 1 saturated heterocycles. The number of carboxylic acid groups (broad SMARTS) is 1. The van der Waals surface area contributed by atoms with Crippen molar-refractivity contribution >= 4 is 11.9 Å². The molecule has 4 nitrogen and oxygen atoms in total. The first-order chi connectivity index (χ1) is 9.07. The van der Waals surface area contributed by atoms with Gasteiger partial charge < -0.3 is 10.0 Å². The molecule has 1 atom stereocenters. The normalized spacial score (nSPS) is 25.7. The molecule has 1 unspecified atom stereocenters. The van der Waals surface area contributed by atoms with Crippen molar-refractivity contribution < 1.29 is 14.7 Å². The summed E-state index contributed by atoms with van der Waals surface area (Å²) in [5, 5.41) is 8.75. The predicted molar refractivity (Wildman–Crippen MR) is 72.7 cm³/mol. The van der Waals surface area contributed by atoms with Crippen LogP contribution in [0, 0.1) is 11.3 Å². The second kappa shape index (κ2) is 5.93. The van der Waals surface area contributed by atoms with Crippen molar-refractivity contribution in [3.63, 3.8) is 0 Å². The monoisotopic (exact) mass is 267 g/mol. The number of nitrogens with zero attached hydrogens (tertiary/aromatic N) is 1. The Bertz CT molecular complexity index is 344. The molecule has 2 fully saturated rings. The van der Waals surface area contributed by atoms with Crippen molar-refractivity contribution in [2.75, 3.05) is 13.1 Å². The molecule has 1 saturated carbocycles. The predicted octanol–water partition coefficient (Wildman–Crippen LogP) is 2.67. The first-order valence-electron chi connectivity index (χ1n) is 7.58. The molecule has 2 rings (SSSR count). The van der Waals surface area contributed by atoms with E-state index in [1.54, 1.807) is 0 Å². The van der Waals surface area contributed by atoms with Crippen LogP contribution < -0.4 is 0 Å². The third kappa shape index (κ3) is 3.10. The molecule has 0 aromatic rings. The number of carbonyl (C=O) groups excluding carboxylic acids is 1. The SMILES string of the molecule is CCC1(C(=O)N2CCCC(CCC(=O)O)C2)CCC1. The van der Waals surface area contributed by atoms with Gasteiger partial charge in [-0.2, -0.15) is 0 Å². The van der Waals surface area contributed by atoms with E-state index in [4.69, 9.17) is 5.11 Å². The van der Waals surface area contributed by atoms with Gasteiger partial charge >= 0.3 is 5.97 Å². The van der Waals surface area contributed by atoms with Crippen LogP contribution >= 0.6 is 0 Å². The van der Waals surface area contributed by atoms with E-state index in [0.29, 0.717) is 18.2 Å². The molecule has 0 aromatic heterocycles. The highest BCUT2D eigenvalue weighted by molar-refractivity contribution is 5.83. The number of carboxylic acids is 1. The average Bonchev–Trinajstić information content (AvgIpc) is 2.36. The van der Waals surface area contributed by atoms with Gasteiger partial charge in [0.25, 0.3) is 0 Å². The minimum atomic E-state index is -0.729. The second-order valence-electron chi connectivity index (χ2n) is 6.18. The summed E-state index contributed by atoms with van der Waals surface area (Å²) < 4.78 is 0. The van der Waals surface area contributed by atoms with Gasteiger partial charge in [-0.05, 0) is 44.4 Å². The molecule has 1 amide bonds. The summed E-state index contributed by atoms with van der Waals surface area (Å²) in [5.41, 5.74) is -0.0747. The largest absolute Gasteiger partial charge is 0.481 e. The van der Waals surface area contributed by atoms with Gasteiger partial charge in [-0.1, -0.05) is 13.3 Å². The zero-order chi connectivity index (χ0) is 13.9. The number of likely N-dealkylation sites (tertiary alicyclic amines) is 1. The average molecular weight is 267 g/mol. The number of amides is 1. The Labute approximate surface area is 115 Å². The molecule has 1 heterocycles. The Morgan fingerprint density at radius 1 is 1.32 bits per heavy atom. The quantitative estimate of drug-likeness (QED) is 0.833. The van der Waals surface area contributed by atoms with Gasteiger partial charge in [-0.3, -0.25) is 9.59 Å². The summed E-state index contributed by atoms with van der Waals surface area (Å²) in [6.07, 6.45) is 7.23. The molecule has 0 aromatic carbocycles. The van der Waals surface area contributed by atoms with E-state index in [-0.39, 0.29) is 11.8 Å². The van der Waals surface area contributed by atoms with E-state index >= 15 is 0 Å². The first-order valence-corrected chi connectivity index (χ1v) is 7.58. The van der Waals surface area contributed by atoms with Gasteiger partial charge in [0.2, 0.25) is 5.91 Å². The van der Waals surface area contributed by atoms with Crippen LogP contribution in [0.1, 0.15) is 58.3 Å². The van der Waals surface area contributed by atoms with E-state index < -0.39 is 5.97 Å². The summed E-state index contributed by atoms with van der Waals surface area (Å²) in [4.78, 5) is 25.3. The maximum absolute atomic E-state index is 12.6. The third-order valence-electron chi connectivity index (χ3n) is 5.01. The summed E-state index contributed by atoms with van der Waals surface area (Å²) in [7, 11) is 0. The summed E-state index contributed by atoms with van der Waals surface area (Å²) in [6, 6.07) is 0. The van der Waals surface area contributed by atoms with Gasteiger partial charge in [0.05, 0.1) is 0 Å². The van der Waals surface area contributed by atoms with E-state index in [2.05, 4.69) is 6.92 Å². The number of hydrogen-bond donors (Lipinski definition) is 1. The highest BCUT2D eigenvalue weighted by Crippen LogP contribution is 2.45. The lowest BCUT2D eigenvalue weighted by atomic mass is 9.66. The van der Waals surface area contributed by atoms with Crippen molar-refractivity contribution in [3.05, 3.63) is 0 Å². The standard InChI is InChI=1S/C15H25NO3/c1-2-15(8-4-9-15)14(19)16-10-3-5-12(11-16)6-7-13(17)18/h12H,2-11H2,1H3,(H,17,18). The van der Waals surface area contributed by atoms with Crippen molar-refractivity contribution in [1.29, 1.82) is 0 Å². The number of aliphatic carboxylic acids is 1. The second-order valence-corrected chi connectivity index (χ2v) is 6.18. The molecule has 1 aliphatic carbocycles. The molecule has 0 spiro atoms. The fraction of sp³-hybridized carbons (Fsp3) is 0.867. The third-order valence-corrected chi connectivity index (χ3v) is 5.01. The number of hydrogen-bond acceptors (Lipinski definition) is 2.